The van der Waals surface area contributed by atoms with Gasteiger partial charge in [0.15, 0.2) is 11.5 Å². The van der Waals surface area contributed by atoms with Crippen LogP contribution in [0.3, 0.4) is 0 Å². The maximum atomic E-state index is 8.11. The summed E-state index contributed by atoms with van der Waals surface area (Å²) in [5.41, 5.74) is 15.1. The number of fused-ring (bicyclic) bond motifs is 1. The Hall–Kier alpha value is -2.34. The number of hydrogen-bond acceptors (Lipinski definition) is 5. The Labute approximate surface area is 90.5 Å². The molecule has 16 heavy (non-hydrogen) atoms. The number of imidazole rings is 1. The van der Waals surface area contributed by atoms with E-state index in [9.17, 15) is 0 Å². The summed E-state index contributed by atoms with van der Waals surface area (Å²) >= 11 is 0. The van der Waals surface area contributed by atoms with Crippen LogP contribution in [0.1, 0.15) is 12.2 Å². The highest BCUT2D eigenvalue weighted by atomic mass is 15.1. The molecule has 0 radical (unpaired) electrons. The minimum Gasteiger partial charge on any atom is -0.382 e. The van der Waals surface area contributed by atoms with Gasteiger partial charge in [-0.3, -0.25) is 0 Å². The van der Waals surface area contributed by atoms with Gasteiger partial charge in [-0.2, -0.15) is 0 Å². The molecular weight excluding hydrogens is 208 g/mol. The molecule has 2 aromatic heterocycles. The lowest BCUT2D eigenvalue weighted by Crippen LogP contribution is -2.01. The molecule has 8 nitrogen and oxygen atoms in total. The van der Waals surface area contributed by atoms with Crippen LogP contribution in [0.5, 0.6) is 0 Å². The number of aromatic nitrogens is 4. The molecule has 2 heterocycles. The fraction of sp³-hybridized carbons (Fsp3) is 0.375. The smallest absolute Gasteiger partial charge is 0.183 e. The molecule has 0 saturated carbocycles. The summed E-state index contributed by atoms with van der Waals surface area (Å²) in [7, 11) is 0. The molecule has 2 aromatic rings. The zero-order chi connectivity index (χ0) is 11.4. The fourth-order valence-corrected chi connectivity index (χ4v) is 1.37. The lowest BCUT2D eigenvalue weighted by Gasteiger charge is -2.00. The largest absolute Gasteiger partial charge is 0.382 e. The Kier molecular flexibility index (Phi) is 2.84. The molecule has 2 rings (SSSR count). The van der Waals surface area contributed by atoms with E-state index in [1.54, 1.807) is 0 Å². The molecule has 0 unspecified atom stereocenters. The first kappa shape index (κ1) is 10.2. The van der Waals surface area contributed by atoms with Crippen LogP contribution in [-0.4, -0.2) is 26.5 Å². The van der Waals surface area contributed by atoms with Crippen molar-refractivity contribution < 1.29 is 0 Å². The van der Waals surface area contributed by atoms with Gasteiger partial charge in [-0.15, -0.1) is 0 Å². The summed E-state index contributed by atoms with van der Waals surface area (Å²) in [4.78, 5) is 17.9. The van der Waals surface area contributed by atoms with Crippen LogP contribution in [0.2, 0.25) is 0 Å². The maximum Gasteiger partial charge on any atom is 0.183 e. The molecule has 0 spiro atoms. The minimum atomic E-state index is 0.390. The minimum absolute atomic E-state index is 0.390. The van der Waals surface area contributed by atoms with E-state index >= 15 is 0 Å². The first-order chi connectivity index (χ1) is 7.81. The third kappa shape index (κ3) is 2.01. The molecule has 0 saturated heterocycles. The molecular formula is C8H10N8. The van der Waals surface area contributed by atoms with E-state index in [-0.39, 0.29) is 0 Å². The summed E-state index contributed by atoms with van der Waals surface area (Å²) < 4.78 is 0. The number of nitrogens with zero attached hydrogens (tertiary/aromatic N) is 6. The van der Waals surface area contributed by atoms with E-state index < -0.39 is 0 Å². The van der Waals surface area contributed by atoms with E-state index in [1.807, 2.05) is 0 Å². The molecule has 0 amide bonds. The van der Waals surface area contributed by atoms with Crippen molar-refractivity contribution in [1.29, 1.82) is 0 Å². The van der Waals surface area contributed by atoms with Gasteiger partial charge in [0.25, 0.3) is 0 Å². The molecule has 8 heteroatoms. The number of H-pyrrole nitrogens is 1. The van der Waals surface area contributed by atoms with Crippen LogP contribution in [0.25, 0.3) is 21.6 Å². The second-order valence-electron chi connectivity index (χ2n) is 3.18. The van der Waals surface area contributed by atoms with Crippen LogP contribution in [0.4, 0.5) is 5.82 Å². The Morgan fingerprint density at radius 1 is 1.50 bits per heavy atom. The lowest BCUT2D eigenvalue weighted by molar-refractivity contribution is 0.783. The molecule has 0 aliphatic heterocycles. The molecule has 0 fully saturated rings. The second kappa shape index (κ2) is 4.45. The summed E-state index contributed by atoms with van der Waals surface area (Å²) in [5.74, 6) is 1.01. The Morgan fingerprint density at radius 2 is 2.38 bits per heavy atom. The molecule has 0 atom stereocenters. The van der Waals surface area contributed by atoms with E-state index in [0.717, 1.165) is 0 Å². The van der Waals surface area contributed by atoms with Gasteiger partial charge in [-0.05, 0) is 12.0 Å². The number of nitrogen functional groups attached to an aromatic ring is 1. The number of hydrogen-bond donors (Lipinski definition) is 2. The van der Waals surface area contributed by atoms with Crippen LogP contribution in [0, 0.1) is 0 Å². The van der Waals surface area contributed by atoms with Crippen molar-refractivity contribution in [3.8, 4) is 0 Å². The van der Waals surface area contributed by atoms with Crippen LogP contribution >= 0.6 is 0 Å². The molecule has 0 aliphatic rings. The fourth-order valence-electron chi connectivity index (χ4n) is 1.37. The number of rotatable bonds is 4. The van der Waals surface area contributed by atoms with E-state index in [0.29, 0.717) is 42.2 Å². The average molecular weight is 218 g/mol. The van der Waals surface area contributed by atoms with Crippen molar-refractivity contribution in [2.24, 2.45) is 5.11 Å². The number of aryl methyl sites for hydroxylation is 1. The highest BCUT2D eigenvalue weighted by molar-refractivity contribution is 5.80. The van der Waals surface area contributed by atoms with Crippen LogP contribution < -0.4 is 5.73 Å². The first-order valence-corrected chi connectivity index (χ1v) is 4.77. The zero-order valence-corrected chi connectivity index (χ0v) is 8.46. The summed E-state index contributed by atoms with van der Waals surface area (Å²) in [5, 5.41) is 3.43. The number of nitrogens with two attached hydrogens (primary N) is 1. The van der Waals surface area contributed by atoms with Crippen molar-refractivity contribution in [2.75, 3.05) is 12.3 Å². The molecule has 82 valence electrons. The van der Waals surface area contributed by atoms with Gasteiger partial charge in [0.1, 0.15) is 11.3 Å². The van der Waals surface area contributed by atoms with Gasteiger partial charge in [0.2, 0.25) is 0 Å². The standard InChI is InChI=1S/C8H10N8/c9-7-6-8(12-4-11-6)15-5(14-7)2-1-3-13-16-10/h4H,1-3H2,(H3,9,11,12,14,15). The van der Waals surface area contributed by atoms with Gasteiger partial charge in [-0.25, -0.2) is 15.0 Å². The predicted molar refractivity (Wildman–Crippen MR) is 58.4 cm³/mol. The lowest BCUT2D eigenvalue weighted by atomic mass is 10.3. The van der Waals surface area contributed by atoms with E-state index in [2.05, 4.69) is 30.0 Å². The number of anilines is 1. The van der Waals surface area contributed by atoms with Gasteiger partial charge < -0.3 is 10.7 Å². The van der Waals surface area contributed by atoms with Gasteiger partial charge in [0, 0.05) is 17.9 Å². The van der Waals surface area contributed by atoms with Crippen molar-refractivity contribution in [3.63, 3.8) is 0 Å². The maximum absolute atomic E-state index is 8.11. The second-order valence-corrected chi connectivity index (χ2v) is 3.18. The van der Waals surface area contributed by atoms with E-state index in [1.165, 1.54) is 6.33 Å². The van der Waals surface area contributed by atoms with Crippen molar-refractivity contribution in [1.82, 2.24) is 19.9 Å². The van der Waals surface area contributed by atoms with Crippen LogP contribution in [-0.2, 0) is 6.42 Å². The third-order valence-electron chi connectivity index (χ3n) is 2.08. The Morgan fingerprint density at radius 3 is 3.19 bits per heavy atom. The predicted octanol–water partition coefficient (Wildman–Crippen LogP) is 1.18. The highest BCUT2D eigenvalue weighted by Crippen LogP contribution is 2.13. The molecule has 0 bridgehead atoms. The Balaban J connectivity index is 2.15. The summed E-state index contributed by atoms with van der Waals surface area (Å²) in [6, 6.07) is 0. The molecule has 3 N–H and O–H groups in total. The SMILES string of the molecule is [N-]=[N+]=NCCCc1nc(N)c2[nH]cnc2n1. The van der Waals surface area contributed by atoms with Crippen LogP contribution in [0.15, 0.2) is 11.4 Å². The topological polar surface area (TPSA) is 129 Å². The van der Waals surface area contributed by atoms with Gasteiger partial charge >= 0.3 is 0 Å². The van der Waals surface area contributed by atoms with E-state index in [4.69, 9.17) is 11.3 Å². The highest BCUT2D eigenvalue weighted by Gasteiger charge is 2.06. The number of aromatic amines is 1. The van der Waals surface area contributed by atoms with Crippen molar-refractivity contribution in [2.45, 2.75) is 12.8 Å². The molecule has 0 aromatic carbocycles. The zero-order valence-electron chi connectivity index (χ0n) is 8.46. The number of azide groups is 1. The third-order valence-corrected chi connectivity index (χ3v) is 2.08. The van der Waals surface area contributed by atoms with Gasteiger partial charge in [0.05, 0.1) is 6.33 Å². The quantitative estimate of drug-likeness (QED) is 0.345. The first-order valence-electron chi connectivity index (χ1n) is 4.77. The summed E-state index contributed by atoms with van der Waals surface area (Å²) in [6.45, 7) is 0.429. The Bertz CT molecular complexity index is 538. The van der Waals surface area contributed by atoms with Crippen molar-refractivity contribution in [3.05, 3.63) is 22.6 Å². The number of nitrogens with one attached hydrogen (secondary N) is 1. The monoisotopic (exact) mass is 218 g/mol. The summed E-state index contributed by atoms with van der Waals surface area (Å²) in [6.07, 6.45) is 2.84. The van der Waals surface area contributed by atoms with Crippen molar-refractivity contribution >= 4 is 17.0 Å². The molecule has 0 aliphatic carbocycles. The average Bonchev–Trinajstić information content (AvgIpc) is 2.73. The normalized spacial score (nSPS) is 10.2. The van der Waals surface area contributed by atoms with Gasteiger partial charge in [-0.1, -0.05) is 5.11 Å².